The van der Waals surface area contributed by atoms with E-state index in [-0.39, 0.29) is 41.3 Å². The SMILES string of the molecule is CN1CCNCC1.C[C@H](CCC(=O)O)[C@H]1CC[C@H]2[C@@H]3C(O)CC4CC(O)CC[C@]4(C)[C@H]3CC(O)[C@]12C. The summed E-state index contributed by atoms with van der Waals surface area (Å²) in [5.41, 5.74) is -0.143. The first-order valence-electron chi connectivity index (χ1n) is 14.6. The minimum absolute atomic E-state index is 0.0957. The average Bonchev–Trinajstić information content (AvgIpc) is 3.19. The molecule has 208 valence electrons. The number of carboxylic acids is 1. The Hall–Kier alpha value is -0.730. The molecule has 4 saturated carbocycles. The van der Waals surface area contributed by atoms with Gasteiger partial charge in [-0.05, 0) is 105 Å². The maximum Gasteiger partial charge on any atom is 0.303 e. The van der Waals surface area contributed by atoms with E-state index in [0.29, 0.717) is 30.1 Å². The summed E-state index contributed by atoms with van der Waals surface area (Å²) in [4.78, 5) is 13.4. The molecule has 0 bridgehead atoms. The van der Waals surface area contributed by atoms with Gasteiger partial charge >= 0.3 is 5.97 Å². The summed E-state index contributed by atoms with van der Waals surface area (Å²) in [5, 5.41) is 45.3. The fourth-order valence-electron chi connectivity index (χ4n) is 9.46. The molecule has 36 heavy (non-hydrogen) atoms. The van der Waals surface area contributed by atoms with Gasteiger partial charge in [0.15, 0.2) is 0 Å². The van der Waals surface area contributed by atoms with Crippen molar-refractivity contribution in [1.29, 1.82) is 0 Å². The molecule has 5 rings (SSSR count). The van der Waals surface area contributed by atoms with Gasteiger partial charge in [-0.2, -0.15) is 0 Å². The van der Waals surface area contributed by atoms with Gasteiger partial charge in [-0.1, -0.05) is 20.8 Å². The first-order chi connectivity index (χ1) is 17.0. The number of hydrogen-bond donors (Lipinski definition) is 5. The van der Waals surface area contributed by atoms with Gasteiger partial charge in [-0.15, -0.1) is 0 Å². The zero-order valence-corrected chi connectivity index (χ0v) is 23.0. The van der Waals surface area contributed by atoms with Crippen LogP contribution < -0.4 is 5.32 Å². The van der Waals surface area contributed by atoms with Crippen molar-refractivity contribution >= 4 is 5.97 Å². The number of aliphatic hydroxyl groups is 3. The molecule has 0 amide bonds. The van der Waals surface area contributed by atoms with Gasteiger partial charge < -0.3 is 30.6 Å². The summed E-state index contributed by atoms with van der Waals surface area (Å²) in [5.74, 6) is 0.997. The molecular formula is C29H52N2O5. The zero-order valence-electron chi connectivity index (χ0n) is 23.0. The summed E-state index contributed by atoms with van der Waals surface area (Å²) in [6.07, 6.45) is 6.00. The van der Waals surface area contributed by atoms with Gasteiger partial charge in [0.25, 0.3) is 0 Å². The molecule has 5 N–H and O–H groups in total. The first-order valence-corrected chi connectivity index (χ1v) is 14.6. The van der Waals surface area contributed by atoms with Crippen molar-refractivity contribution in [2.45, 2.75) is 96.9 Å². The smallest absolute Gasteiger partial charge is 0.303 e. The van der Waals surface area contributed by atoms with Crippen LogP contribution in [0.3, 0.4) is 0 Å². The van der Waals surface area contributed by atoms with Crippen molar-refractivity contribution in [3.63, 3.8) is 0 Å². The van der Waals surface area contributed by atoms with Crippen molar-refractivity contribution < 1.29 is 25.2 Å². The minimum atomic E-state index is -0.748. The minimum Gasteiger partial charge on any atom is -0.481 e. The summed E-state index contributed by atoms with van der Waals surface area (Å²) >= 11 is 0. The number of likely N-dealkylation sites (N-methyl/N-ethyl adjacent to an activating group) is 1. The van der Waals surface area contributed by atoms with E-state index in [4.69, 9.17) is 5.11 Å². The number of piperazine rings is 1. The molecule has 0 radical (unpaired) electrons. The second-order valence-electron chi connectivity index (χ2n) is 13.5. The van der Waals surface area contributed by atoms with Crippen molar-refractivity contribution in [2.24, 2.45) is 46.3 Å². The maximum atomic E-state index is 11.5. The van der Waals surface area contributed by atoms with Crippen molar-refractivity contribution in [3.8, 4) is 0 Å². The number of hydrogen-bond acceptors (Lipinski definition) is 6. The van der Waals surface area contributed by atoms with Gasteiger partial charge in [-0.3, -0.25) is 4.79 Å². The van der Waals surface area contributed by atoms with Crippen LogP contribution in [0, 0.1) is 46.3 Å². The van der Waals surface area contributed by atoms with Gasteiger partial charge in [0, 0.05) is 32.6 Å². The van der Waals surface area contributed by atoms with E-state index in [1.54, 1.807) is 0 Å². The monoisotopic (exact) mass is 508 g/mol. The Morgan fingerprint density at radius 1 is 1.03 bits per heavy atom. The summed E-state index contributed by atoms with van der Waals surface area (Å²) in [6.45, 7) is 11.5. The number of carbonyl (C=O) groups is 1. The van der Waals surface area contributed by atoms with Crippen molar-refractivity contribution in [1.82, 2.24) is 10.2 Å². The highest BCUT2D eigenvalue weighted by molar-refractivity contribution is 5.66. The van der Waals surface area contributed by atoms with Crippen LogP contribution in [-0.4, -0.2) is 82.8 Å². The van der Waals surface area contributed by atoms with E-state index in [2.05, 4.69) is 38.0 Å². The van der Waals surface area contributed by atoms with Gasteiger partial charge in [-0.25, -0.2) is 0 Å². The average molecular weight is 509 g/mol. The van der Waals surface area contributed by atoms with E-state index in [0.717, 1.165) is 58.0 Å². The first kappa shape index (κ1) is 28.3. The van der Waals surface area contributed by atoms with E-state index in [1.165, 1.54) is 13.1 Å². The molecule has 4 unspecified atom stereocenters. The molecule has 0 aromatic rings. The molecule has 1 saturated heterocycles. The Morgan fingerprint density at radius 2 is 1.72 bits per heavy atom. The Labute approximate surface area is 218 Å². The Morgan fingerprint density at radius 3 is 2.33 bits per heavy atom. The zero-order chi connectivity index (χ0) is 26.3. The van der Waals surface area contributed by atoms with E-state index >= 15 is 0 Å². The molecule has 5 aliphatic rings. The van der Waals surface area contributed by atoms with E-state index in [9.17, 15) is 20.1 Å². The van der Waals surface area contributed by atoms with Crippen molar-refractivity contribution in [2.75, 3.05) is 33.2 Å². The van der Waals surface area contributed by atoms with Crippen LogP contribution in [0.1, 0.15) is 78.6 Å². The van der Waals surface area contributed by atoms with E-state index < -0.39 is 12.1 Å². The molecule has 0 aromatic carbocycles. The lowest BCUT2D eigenvalue weighted by atomic mass is 9.43. The quantitative estimate of drug-likeness (QED) is 0.397. The number of carboxylic acid groups (broad SMARTS) is 1. The normalized spacial score (nSPS) is 47.5. The molecule has 1 heterocycles. The topological polar surface area (TPSA) is 113 Å². The number of fused-ring (bicyclic) bond motifs is 5. The molecule has 0 spiro atoms. The van der Waals surface area contributed by atoms with Crippen LogP contribution in [0.5, 0.6) is 0 Å². The summed E-state index contributed by atoms with van der Waals surface area (Å²) in [7, 11) is 2.15. The number of aliphatic carboxylic acids is 1. The van der Waals surface area contributed by atoms with Gasteiger partial charge in [0.05, 0.1) is 18.3 Å². The third-order valence-corrected chi connectivity index (χ3v) is 11.7. The predicted molar refractivity (Wildman–Crippen MR) is 140 cm³/mol. The van der Waals surface area contributed by atoms with Gasteiger partial charge in [0.2, 0.25) is 0 Å². The van der Waals surface area contributed by atoms with Crippen LogP contribution in [-0.2, 0) is 4.79 Å². The fraction of sp³-hybridized carbons (Fsp3) is 0.966. The number of rotatable bonds is 4. The lowest BCUT2D eigenvalue weighted by molar-refractivity contribution is -0.207. The predicted octanol–water partition coefficient (Wildman–Crippen LogP) is 2.97. The van der Waals surface area contributed by atoms with Crippen LogP contribution >= 0.6 is 0 Å². The fourth-order valence-corrected chi connectivity index (χ4v) is 9.46. The second-order valence-corrected chi connectivity index (χ2v) is 13.5. The molecule has 7 nitrogen and oxygen atoms in total. The molecule has 7 heteroatoms. The van der Waals surface area contributed by atoms with Crippen LogP contribution in [0.15, 0.2) is 0 Å². The molecule has 5 fully saturated rings. The van der Waals surface area contributed by atoms with Crippen molar-refractivity contribution in [3.05, 3.63) is 0 Å². The highest BCUT2D eigenvalue weighted by Crippen LogP contribution is 2.68. The lowest BCUT2D eigenvalue weighted by Crippen LogP contribution is -2.62. The third-order valence-electron chi connectivity index (χ3n) is 11.7. The third kappa shape index (κ3) is 5.25. The Kier molecular flexibility index (Phi) is 8.78. The summed E-state index contributed by atoms with van der Waals surface area (Å²) < 4.78 is 0. The molecule has 1 aliphatic heterocycles. The van der Waals surface area contributed by atoms with Gasteiger partial charge in [0.1, 0.15) is 0 Å². The Balaban J connectivity index is 0.000000375. The molecule has 11 atom stereocenters. The lowest BCUT2D eigenvalue weighted by Gasteiger charge is -2.63. The molecule has 0 aromatic heterocycles. The molecule has 4 aliphatic carbocycles. The van der Waals surface area contributed by atoms with Crippen LogP contribution in [0.4, 0.5) is 0 Å². The summed E-state index contributed by atoms with van der Waals surface area (Å²) in [6, 6.07) is 0. The highest BCUT2D eigenvalue weighted by atomic mass is 16.4. The standard InChI is InChI=1S/C24H40O5.C5H12N2/c1-13(4-7-21(28)29)16-5-6-17-22-18(12-20(27)24(16,17)3)23(2)9-8-15(25)10-14(23)11-19(22)26;1-7-4-2-6-3-5-7/h13-20,22,25-27H,4-12H2,1-3H3,(H,28,29);6H,2-5H2,1H3/t13-,14?,15?,16-,17+,18+,19?,20?,22+,23+,24-;/m1./s1. The number of nitrogens with one attached hydrogen (secondary N) is 1. The largest absolute Gasteiger partial charge is 0.481 e. The van der Waals surface area contributed by atoms with Crippen LogP contribution in [0.25, 0.3) is 0 Å². The Bertz CT molecular complexity index is 760. The highest BCUT2D eigenvalue weighted by Gasteiger charge is 2.65. The van der Waals surface area contributed by atoms with E-state index in [1.807, 2.05) is 0 Å². The number of aliphatic hydroxyl groups excluding tert-OH is 3. The number of nitrogens with zero attached hydrogens (tertiary/aromatic N) is 1. The van der Waals surface area contributed by atoms with Crippen LogP contribution in [0.2, 0.25) is 0 Å². The molecular weight excluding hydrogens is 456 g/mol. The second kappa shape index (κ2) is 11.2. The maximum absolute atomic E-state index is 11.5.